The number of rotatable bonds is 2. The lowest BCUT2D eigenvalue weighted by molar-refractivity contribution is -0.138. The number of carbonyl (C=O) groups excluding carboxylic acids is 2. The van der Waals surface area contributed by atoms with E-state index in [1.807, 2.05) is 4.90 Å². The second kappa shape index (κ2) is 5.73. The second-order valence-electron chi connectivity index (χ2n) is 5.52. The smallest absolute Gasteiger partial charge is 0.253 e. The minimum atomic E-state index is -0.0487. The van der Waals surface area contributed by atoms with Crippen molar-refractivity contribution in [3.63, 3.8) is 0 Å². The summed E-state index contributed by atoms with van der Waals surface area (Å²) in [5.41, 5.74) is 0.566. The lowest BCUT2D eigenvalue weighted by Crippen LogP contribution is -2.57. The topological polar surface area (TPSA) is 72.9 Å². The van der Waals surface area contributed by atoms with E-state index in [-0.39, 0.29) is 23.5 Å². The van der Waals surface area contributed by atoms with Gasteiger partial charge in [0.2, 0.25) is 5.91 Å². The molecule has 2 aliphatic rings. The third-order valence-corrected chi connectivity index (χ3v) is 4.12. The van der Waals surface area contributed by atoms with E-state index < -0.39 is 0 Å². The molecule has 3 rings (SSSR count). The van der Waals surface area contributed by atoms with Crippen LogP contribution in [0.4, 0.5) is 0 Å². The van der Waals surface area contributed by atoms with E-state index >= 15 is 0 Å². The monoisotopic (exact) mass is 289 g/mol. The first-order valence-electron chi connectivity index (χ1n) is 7.23. The highest BCUT2D eigenvalue weighted by atomic mass is 16.3. The number of piperazine rings is 1. The predicted molar refractivity (Wildman–Crippen MR) is 77.0 cm³/mol. The molecule has 0 aromatic heterocycles. The van der Waals surface area contributed by atoms with Crippen LogP contribution in [0.3, 0.4) is 0 Å². The largest absolute Gasteiger partial charge is 0.508 e. The SMILES string of the molecule is O=C(c1ccc(O)cc1)N1CCN(C(=O)C2CNC2)CC1. The summed E-state index contributed by atoms with van der Waals surface area (Å²) in [6.45, 7) is 3.85. The summed E-state index contributed by atoms with van der Waals surface area (Å²) in [5, 5.41) is 12.4. The van der Waals surface area contributed by atoms with Crippen molar-refractivity contribution in [2.45, 2.75) is 0 Å². The number of phenolic OH excluding ortho intramolecular Hbond substituents is 1. The summed E-state index contributed by atoms with van der Waals surface area (Å²) < 4.78 is 0. The van der Waals surface area contributed by atoms with E-state index in [2.05, 4.69) is 5.32 Å². The molecule has 2 fully saturated rings. The first-order valence-corrected chi connectivity index (χ1v) is 7.23. The van der Waals surface area contributed by atoms with Gasteiger partial charge >= 0.3 is 0 Å². The number of benzene rings is 1. The van der Waals surface area contributed by atoms with Crippen LogP contribution in [0.15, 0.2) is 24.3 Å². The van der Waals surface area contributed by atoms with Crippen molar-refractivity contribution in [3.05, 3.63) is 29.8 Å². The molecule has 0 saturated carbocycles. The zero-order valence-corrected chi connectivity index (χ0v) is 11.8. The number of nitrogens with one attached hydrogen (secondary N) is 1. The fourth-order valence-electron chi connectivity index (χ4n) is 2.64. The Morgan fingerprint density at radius 2 is 1.57 bits per heavy atom. The highest BCUT2D eigenvalue weighted by Gasteiger charge is 2.32. The van der Waals surface area contributed by atoms with Gasteiger partial charge in [0.15, 0.2) is 0 Å². The first kappa shape index (κ1) is 13.9. The lowest BCUT2D eigenvalue weighted by atomic mass is 10.0. The minimum absolute atomic E-state index is 0.0487. The number of aromatic hydroxyl groups is 1. The summed E-state index contributed by atoms with van der Waals surface area (Å²) in [6.07, 6.45) is 0. The molecule has 21 heavy (non-hydrogen) atoms. The van der Waals surface area contributed by atoms with Gasteiger partial charge in [0, 0.05) is 44.8 Å². The Labute approximate surface area is 123 Å². The Hall–Kier alpha value is -2.08. The Bertz CT molecular complexity index is 532. The Kier molecular flexibility index (Phi) is 3.79. The summed E-state index contributed by atoms with van der Waals surface area (Å²) in [6, 6.07) is 6.26. The highest BCUT2D eigenvalue weighted by molar-refractivity contribution is 5.94. The zero-order chi connectivity index (χ0) is 14.8. The Morgan fingerprint density at radius 1 is 1.00 bits per heavy atom. The number of nitrogens with zero attached hydrogens (tertiary/aromatic N) is 2. The molecule has 0 bridgehead atoms. The molecule has 0 spiro atoms. The second-order valence-corrected chi connectivity index (χ2v) is 5.52. The highest BCUT2D eigenvalue weighted by Crippen LogP contribution is 2.15. The van der Waals surface area contributed by atoms with Gasteiger partial charge in [0.25, 0.3) is 5.91 Å². The van der Waals surface area contributed by atoms with Crippen LogP contribution in [0.5, 0.6) is 5.75 Å². The molecule has 0 radical (unpaired) electrons. The first-order chi connectivity index (χ1) is 10.1. The molecule has 0 atom stereocenters. The maximum atomic E-state index is 12.3. The van der Waals surface area contributed by atoms with Crippen LogP contribution in [0.25, 0.3) is 0 Å². The van der Waals surface area contributed by atoms with Gasteiger partial charge in [-0.25, -0.2) is 0 Å². The molecule has 1 aromatic carbocycles. The fraction of sp³-hybridized carbons (Fsp3) is 0.467. The standard InChI is InChI=1S/C15H19N3O3/c19-13-3-1-11(2-4-13)14(20)17-5-7-18(8-6-17)15(21)12-9-16-10-12/h1-4,12,16,19H,5-10H2. The van der Waals surface area contributed by atoms with Gasteiger partial charge in [0.05, 0.1) is 5.92 Å². The summed E-state index contributed by atoms with van der Waals surface area (Å²) >= 11 is 0. The third-order valence-electron chi connectivity index (χ3n) is 4.12. The van der Waals surface area contributed by atoms with Crippen LogP contribution >= 0.6 is 0 Å². The molecule has 2 N–H and O–H groups in total. The van der Waals surface area contributed by atoms with E-state index in [4.69, 9.17) is 0 Å². The average Bonchev–Trinajstić information content (AvgIpc) is 2.46. The fourth-order valence-corrected chi connectivity index (χ4v) is 2.64. The number of phenols is 1. The normalized spacial score (nSPS) is 19.2. The van der Waals surface area contributed by atoms with Gasteiger partial charge in [-0.05, 0) is 24.3 Å². The molecule has 2 aliphatic heterocycles. The molecular weight excluding hydrogens is 270 g/mol. The summed E-state index contributed by atoms with van der Waals surface area (Å²) in [4.78, 5) is 28.1. The van der Waals surface area contributed by atoms with Gasteiger partial charge in [-0.15, -0.1) is 0 Å². The quantitative estimate of drug-likeness (QED) is 0.797. The van der Waals surface area contributed by atoms with Crippen molar-refractivity contribution >= 4 is 11.8 Å². The van der Waals surface area contributed by atoms with Gasteiger partial charge in [-0.2, -0.15) is 0 Å². The van der Waals surface area contributed by atoms with Crippen molar-refractivity contribution < 1.29 is 14.7 Å². The molecule has 2 heterocycles. The Morgan fingerprint density at radius 3 is 2.10 bits per heavy atom. The van der Waals surface area contributed by atoms with Crippen LogP contribution in [0.2, 0.25) is 0 Å². The minimum Gasteiger partial charge on any atom is -0.508 e. The third kappa shape index (κ3) is 2.85. The number of hydrogen-bond donors (Lipinski definition) is 2. The molecule has 0 unspecified atom stereocenters. The van der Waals surface area contributed by atoms with Crippen LogP contribution in [0.1, 0.15) is 10.4 Å². The average molecular weight is 289 g/mol. The van der Waals surface area contributed by atoms with E-state index in [0.29, 0.717) is 31.7 Å². The zero-order valence-electron chi connectivity index (χ0n) is 11.8. The Balaban J connectivity index is 1.56. The van der Waals surface area contributed by atoms with E-state index in [9.17, 15) is 14.7 Å². The van der Waals surface area contributed by atoms with Crippen LogP contribution in [0, 0.1) is 5.92 Å². The van der Waals surface area contributed by atoms with E-state index in [1.54, 1.807) is 17.0 Å². The molecule has 6 nitrogen and oxygen atoms in total. The van der Waals surface area contributed by atoms with Gasteiger partial charge < -0.3 is 20.2 Å². The van der Waals surface area contributed by atoms with Gasteiger partial charge in [0.1, 0.15) is 5.75 Å². The van der Waals surface area contributed by atoms with Crippen molar-refractivity contribution in [3.8, 4) is 5.75 Å². The maximum absolute atomic E-state index is 12.3. The van der Waals surface area contributed by atoms with Gasteiger partial charge in [-0.3, -0.25) is 9.59 Å². The summed E-state index contributed by atoms with van der Waals surface area (Å²) in [7, 11) is 0. The molecule has 2 amide bonds. The molecule has 1 aromatic rings. The predicted octanol–water partition coefficient (Wildman–Crippen LogP) is -0.104. The van der Waals surface area contributed by atoms with Gasteiger partial charge in [-0.1, -0.05) is 0 Å². The van der Waals surface area contributed by atoms with Crippen molar-refractivity contribution in [1.82, 2.24) is 15.1 Å². The maximum Gasteiger partial charge on any atom is 0.253 e. The molecule has 112 valence electrons. The lowest BCUT2D eigenvalue weighted by Gasteiger charge is -2.38. The number of hydrogen-bond acceptors (Lipinski definition) is 4. The molecular formula is C15H19N3O3. The molecule has 6 heteroatoms. The van der Waals surface area contributed by atoms with Crippen LogP contribution in [-0.2, 0) is 4.79 Å². The van der Waals surface area contributed by atoms with Crippen LogP contribution in [-0.4, -0.2) is 66.0 Å². The van der Waals surface area contributed by atoms with E-state index in [0.717, 1.165) is 13.1 Å². The van der Waals surface area contributed by atoms with Crippen LogP contribution < -0.4 is 5.32 Å². The van der Waals surface area contributed by atoms with Crippen molar-refractivity contribution in [2.24, 2.45) is 5.92 Å². The molecule has 0 aliphatic carbocycles. The number of amides is 2. The molecule has 2 saturated heterocycles. The van der Waals surface area contributed by atoms with Crippen molar-refractivity contribution in [2.75, 3.05) is 39.3 Å². The van der Waals surface area contributed by atoms with Crippen molar-refractivity contribution in [1.29, 1.82) is 0 Å². The number of carbonyl (C=O) groups is 2. The van der Waals surface area contributed by atoms with E-state index in [1.165, 1.54) is 12.1 Å². The summed E-state index contributed by atoms with van der Waals surface area (Å²) in [5.74, 6) is 0.415.